The fourth-order valence-corrected chi connectivity index (χ4v) is 5.35. The van der Waals surface area contributed by atoms with Gasteiger partial charge < -0.3 is 0 Å². The first-order valence-corrected chi connectivity index (χ1v) is 15.3. The molecule has 1 N–H and O–H groups in total. The van der Waals surface area contributed by atoms with Crippen LogP contribution in [0.3, 0.4) is 0 Å². The normalized spacial score (nSPS) is 13.5. The Morgan fingerprint density at radius 1 is 0.576 bits per heavy atom. The summed E-state index contributed by atoms with van der Waals surface area (Å²) >= 11 is 0. The number of aromatic amines is 1. The summed E-state index contributed by atoms with van der Waals surface area (Å²) in [5.74, 6) is 2.22. The smallest absolute Gasteiger partial charge is 0.247 e. The van der Waals surface area contributed by atoms with Crippen LogP contribution >= 0.6 is 0 Å². The predicted octanol–water partition coefficient (Wildman–Crippen LogP) is 10.6. The fraction of sp³-hybridized carbons (Fsp3) is 0.903. The summed E-state index contributed by atoms with van der Waals surface area (Å²) in [4.78, 5) is 3.65. The van der Waals surface area contributed by atoms with Gasteiger partial charge in [-0.1, -0.05) is 136 Å². The van der Waals surface area contributed by atoms with Gasteiger partial charge in [0.05, 0.1) is 12.0 Å². The Kier molecular flexibility index (Phi) is 19.9. The summed E-state index contributed by atoms with van der Waals surface area (Å²) in [5.41, 5.74) is 0. The standard InChI is InChI=1S/C31H60N2/c1-5-8-11-13-14-15-16-17-18-19-20-21-22-24-29(4)33-28-27-32-31(33)30(25-10-7-3)26-23-12-9-6-2/h27-30H,5-26H2,1-4H3/p+1. The molecule has 0 aliphatic rings. The van der Waals surface area contributed by atoms with Crippen LogP contribution in [-0.2, 0) is 0 Å². The molecule has 194 valence electrons. The molecule has 1 heterocycles. The second kappa shape index (κ2) is 21.7. The molecule has 0 saturated carbocycles. The number of rotatable bonds is 24. The van der Waals surface area contributed by atoms with Gasteiger partial charge in [0.1, 0.15) is 12.4 Å². The number of aromatic nitrogens is 2. The first-order chi connectivity index (χ1) is 16.2. The first-order valence-electron chi connectivity index (χ1n) is 15.3. The van der Waals surface area contributed by atoms with E-state index >= 15 is 0 Å². The summed E-state index contributed by atoms with van der Waals surface area (Å²) in [6, 6.07) is 0.624. The highest BCUT2D eigenvalue weighted by Gasteiger charge is 2.25. The minimum atomic E-state index is 0.624. The van der Waals surface area contributed by atoms with Crippen LogP contribution in [-0.4, -0.2) is 4.98 Å². The van der Waals surface area contributed by atoms with Crippen molar-refractivity contribution in [2.45, 2.75) is 181 Å². The van der Waals surface area contributed by atoms with Crippen molar-refractivity contribution in [1.29, 1.82) is 0 Å². The van der Waals surface area contributed by atoms with Gasteiger partial charge in [-0.25, -0.2) is 9.55 Å². The number of unbranched alkanes of at least 4 members (excludes halogenated alkanes) is 16. The molecule has 0 saturated heterocycles. The molecule has 0 aliphatic carbocycles. The number of hydrogen-bond acceptors (Lipinski definition) is 0. The summed E-state index contributed by atoms with van der Waals surface area (Å²) in [6.45, 7) is 9.38. The van der Waals surface area contributed by atoms with Crippen molar-refractivity contribution in [3.05, 3.63) is 18.2 Å². The maximum absolute atomic E-state index is 3.65. The molecule has 2 unspecified atom stereocenters. The van der Waals surface area contributed by atoms with E-state index in [0.717, 1.165) is 0 Å². The van der Waals surface area contributed by atoms with Gasteiger partial charge in [-0.2, -0.15) is 0 Å². The molecule has 0 aromatic carbocycles. The lowest BCUT2D eigenvalue weighted by Gasteiger charge is -2.17. The van der Waals surface area contributed by atoms with E-state index in [4.69, 9.17) is 0 Å². The van der Waals surface area contributed by atoms with Gasteiger partial charge in [-0.3, -0.25) is 0 Å². The van der Waals surface area contributed by atoms with Crippen LogP contribution in [0.4, 0.5) is 0 Å². The molecule has 33 heavy (non-hydrogen) atoms. The van der Waals surface area contributed by atoms with Gasteiger partial charge in [0.15, 0.2) is 0 Å². The Bertz CT molecular complexity index is 521. The Morgan fingerprint density at radius 3 is 1.55 bits per heavy atom. The van der Waals surface area contributed by atoms with E-state index in [1.54, 1.807) is 0 Å². The molecule has 0 amide bonds. The molecule has 1 aromatic heterocycles. The van der Waals surface area contributed by atoms with E-state index in [0.29, 0.717) is 12.0 Å². The molecule has 0 aliphatic heterocycles. The van der Waals surface area contributed by atoms with Crippen molar-refractivity contribution in [3.8, 4) is 0 Å². The molecule has 1 rings (SSSR count). The molecule has 0 bridgehead atoms. The van der Waals surface area contributed by atoms with Crippen LogP contribution in [0.15, 0.2) is 12.4 Å². The van der Waals surface area contributed by atoms with Crippen LogP contribution in [0.25, 0.3) is 0 Å². The van der Waals surface area contributed by atoms with E-state index in [-0.39, 0.29) is 0 Å². The summed E-state index contributed by atoms with van der Waals surface area (Å²) < 4.78 is 2.58. The molecule has 0 spiro atoms. The van der Waals surface area contributed by atoms with Gasteiger partial charge in [0, 0.05) is 0 Å². The molecule has 2 heteroatoms. The predicted molar refractivity (Wildman–Crippen MR) is 147 cm³/mol. The highest BCUT2D eigenvalue weighted by atomic mass is 15.1. The molecule has 2 nitrogen and oxygen atoms in total. The fourth-order valence-electron chi connectivity index (χ4n) is 5.35. The summed E-state index contributed by atoms with van der Waals surface area (Å²) in [5, 5.41) is 0. The molecule has 1 aromatic rings. The van der Waals surface area contributed by atoms with Crippen molar-refractivity contribution in [1.82, 2.24) is 4.98 Å². The third kappa shape index (κ3) is 14.9. The average molecular weight is 462 g/mol. The summed E-state index contributed by atoms with van der Waals surface area (Å²) in [7, 11) is 0. The van der Waals surface area contributed by atoms with Gasteiger partial charge in [0.25, 0.3) is 5.82 Å². The largest absolute Gasteiger partial charge is 0.257 e. The van der Waals surface area contributed by atoms with E-state index in [9.17, 15) is 0 Å². The number of nitrogens with zero attached hydrogens (tertiary/aromatic N) is 1. The van der Waals surface area contributed by atoms with Crippen LogP contribution < -0.4 is 4.57 Å². The second-order valence-corrected chi connectivity index (χ2v) is 10.8. The van der Waals surface area contributed by atoms with Crippen molar-refractivity contribution >= 4 is 0 Å². The molecule has 2 atom stereocenters. The number of hydrogen-bond donors (Lipinski definition) is 1. The zero-order valence-corrected chi connectivity index (χ0v) is 23.3. The molecule has 0 radical (unpaired) electrons. The lowest BCUT2D eigenvalue weighted by molar-refractivity contribution is -0.727. The third-order valence-electron chi connectivity index (χ3n) is 7.64. The molecular weight excluding hydrogens is 400 g/mol. The van der Waals surface area contributed by atoms with E-state index in [2.05, 4.69) is 49.6 Å². The first kappa shape index (κ1) is 30.2. The van der Waals surface area contributed by atoms with Crippen molar-refractivity contribution < 1.29 is 4.57 Å². The average Bonchev–Trinajstić information content (AvgIpc) is 3.31. The van der Waals surface area contributed by atoms with Crippen molar-refractivity contribution in [2.75, 3.05) is 0 Å². The minimum absolute atomic E-state index is 0.624. The van der Waals surface area contributed by atoms with Crippen molar-refractivity contribution in [3.63, 3.8) is 0 Å². The Balaban J connectivity index is 2.22. The molecule has 0 fully saturated rings. The molecular formula is C31H61N2+. The number of H-pyrrole nitrogens is 1. The van der Waals surface area contributed by atoms with Crippen molar-refractivity contribution in [2.24, 2.45) is 0 Å². The Morgan fingerprint density at radius 2 is 1.00 bits per heavy atom. The van der Waals surface area contributed by atoms with Crippen LogP contribution in [0, 0.1) is 0 Å². The number of nitrogens with one attached hydrogen (secondary N) is 1. The maximum Gasteiger partial charge on any atom is 0.257 e. The Hall–Kier alpha value is -0.790. The van der Waals surface area contributed by atoms with Crippen LogP contribution in [0.5, 0.6) is 0 Å². The van der Waals surface area contributed by atoms with Crippen LogP contribution in [0.1, 0.15) is 187 Å². The topological polar surface area (TPSA) is 19.7 Å². The Labute approximate surface area is 208 Å². The lowest BCUT2D eigenvalue weighted by atomic mass is 9.94. The SMILES string of the molecule is CCCCCCCCCCCCCCCC(C)[n+]1cc[nH]c1C(CCCC)CCCCCC. The van der Waals surface area contributed by atoms with Gasteiger partial charge >= 0.3 is 0 Å². The summed E-state index contributed by atoms with van der Waals surface area (Å²) in [6.07, 6.45) is 35.4. The third-order valence-corrected chi connectivity index (χ3v) is 7.64. The minimum Gasteiger partial charge on any atom is -0.247 e. The van der Waals surface area contributed by atoms with Gasteiger partial charge in [-0.05, 0) is 32.6 Å². The van der Waals surface area contributed by atoms with Gasteiger partial charge in [0.2, 0.25) is 0 Å². The lowest BCUT2D eigenvalue weighted by Crippen LogP contribution is -2.41. The highest BCUT2D eigenvalue weighted by Crippen LogP contribution is 2.26. The van der Waals surface area contributed by atoms with E-state index < -0.39 is 0 Å². The van der Waals surface area contributed by atoms with Crippen LogP contribution in [0.2, 0.25) is 0 Å². The highest BCUT2D eigenvalue weighted by molar-refractivity contribution is 4.90. The number of imidazole rings is 1. The zero-order chi connectivity index (χ0) is 24.0. The van der Waals surface area contributed by atoms with Gasteiger partial charge in [-0.15, -0.1) is 0 Å². The maximum atomic E-state index is 3.65. The van der Waals surface area contributed by atoms with E-state index in [1.807, 2.05) is 0 Å². The quantitative estimate of drug-likeness (QED) is 0.117. The van der Waals surface area contributed by atoms with E-state index in [1.165, 1.54) is 147 Å². The second-order valence-electron chi connectivity index (χ2n) is 10.8. The zero-order valence-electron chi connectivity index (χ0n) is 23.3. The monoisotopic (exact) mass is 461 g/mol.